The molecule has 0 aromatic carbocycles. The molecule has 18 heavy (non-hydrogen) atoms. The molecule has 0 aromatic heterocycles. The van der Waals surface area contributed by atoms with Crippen molar-refractivity contribution in [1.29, 1.82) is 0 Å². The molecule has 0 saturated carbocycles. The minimum atomic E-state index is 0.232. The second kappa shape index (κ2) is 6.53. The van der Waals surface area contributed by atoms with Gasteiger partial charge in [0, 0.05) is 25.0 Å². The predicted molar refractivity (Wildman–Crippen MR) is 73.5 cm³/mol. The Balaban J connectivity index is 1.62. The van der Waals surface area contributed by atoms with Crippen LogP contribution in [0.25, 0.3) is 0 Å². The maximum absolute atomic E-state index is 11.2. The number of rotatable bonds is 5. The van der Waals surface area contributed by atoms with Gasteiger partial charge in [-0.05, 0) is 44.8 Å². The highest BCUT2D eigenvalue weighted by Crippen LogP contribution is 2.18. The van der Waals surface area contributed by atoms with E-state index in [-0.39, 0.29) is 5.91 Å². The van der Waals surface area contributed by atoms with Gasteiger partial charge in [0.2, 0.25) is 5.91 Å². The van der Waals surface area contributed by atoms with Gasteiger partial charge in [0.05, 0.1) is 0 Å². The molecule has 104 valence electrons. The van der Waals surface area contributed by atoms with Crippen LogP contribution in [0.3, 0.4) is 0 Å². The summed E-state index contributed by atoms with van der Waals surface area (Å²) in [4.78, 5) is 13.7. The average molecular weight is 253 g/mol. The number of likely N-dealkylation sites (tertiary alicyclic amines) is 1. The van der Waals surface area contributed by atoms with Crippen LogP contribution in [0.1, 0.15) is 39.5 Å². The van der Waals surface area contributed by atoms with Crippen LogP contribution in [0, 0.1) is 5.92 Å². The Morgan fingerprint density at radius 3 is 2.61 bits per heavy atom. The lowest BCUT2D eigenvalue weighted by atomic mass is 9.96. The number of nitrogens with zero attached hydrogens (tertiary/aromatic N) is 1. The van der Waals surface area contributed by atoms with Crippen LogP contribution in [-0.4, -0.2) is 49.1 Å². The molecule has 4 nitrogen and oxygen atoms in total. The van der Waals surface area contributed by atoms with Gasteiger partial charge in [-0.3, -0.25) is 4.79 Å². The molecule has 4 heteroatoms. The maximum Gasteiger partial charge on any atom is 0.220 e. The number of carbonyl (C=O) groups excluding carboxylic acids is 1. The first-order valence-corrected chi connectivity index (χ1v) is 7.38. The summed E-state index contributed by atoms with van der Waals surface area (Å²) >= 11 is 0. The lowest BCUT2D eigenvalue weighted by Crippen LogP contribution is -2.44. The minimum Gasteiger partial charge on any atom is -0.352 e. The Bertz CT molecular complexity index is 272. The molecule has 2 saturated heterocycles. The van der Waals surface area contributed by atoms with Gasteiger partial charge in [0.15, 0.2) is 0 Å². The van der Waals surface area contributed by atoms with Crippen molar-refractivity contribution in [3.63, 3.8) is 0 Å². The quantitative estimate of drug-likeness (QED) is 0.767. The molecule has 1 amide bonds. The van der Waals surface area contributed by atoms with E-state index >= 15 is 0 Å². The lowest BCUT2D eigenvalue weighted by Gasteiger charge is -2.33. The van der Waals surface area contributed by atoms with Crippen molar-refractivity contribution in [3.8, 4) is 0 Å². The highest BCUT2D eigenvalue weighted by Gasteiger charge is 2.25. The number of piperidine rings is 1. The molecule has 0 spiro atoms. The zero-order valence-electron chi connectivity index (χ0n) is 11.7. The molecule has 0 radical (unpaired) electrons. The second-order valence-corrected chi connectivity index (χ2v) is 6.11. The largest absolute Gasteiger partial charge is 0.352 e. The molecule has 1 unspecified atom stereocenters. The summed E-state index contributed by atoms with van der Waals surface area (Å²) in [6, 6.07) is 1.000. The van der Waals surface area contributed by atoms with E-state index in [1.54, 1.807) is 0 Å². The molecule has 2 heterocycles. The molecule has 2 aliphatic rings. The van der Waals surface area contributed by atoms with Crippen molar-refractivity contribution in [2.45, 2.75) is 51.6 Å². The first-order valence-electron chi connectivity index (χ1n) is 7.38. The summed E-state index contributed by atoms with van der Waals surface area (Å²) in [6.07, 6.45) is 4.33. The highest BCUT2D eigenvalue weighted by atomic mass is 16.1. The molecule has 2 N–H and O–H groups in total. The van der Waals surface area contributed by atoms with Gasteiger partial charge in [-0.25, -0.2) is 0 Å². The van der Waals surface area contributed by atoms with Crippen molar-refractivity contribution in [2.75, 3.05) is 26.2 Å². The lowest BCUT2D eigenvalue weighted by molar-refractivity contribution is -0.119. The van der Waals surface area contributed by atoms with E-state index in [0.29, 0.717) is 12.1 Å². The van der Waals surface area contributed by atoms with Crippen LogP contribution < -0.4 is 10.6 Å². The molecular formula is C14H27N3O. The van der Waals surface area contributed by atoms with Gasteiger partial charge < -0.3 is 15.5 Å². The van der Waals surface area contributed by atoms with Gasteiger partial charge in [-0.2, -0.15) is 0 Å². The van der Waals surface area contributed by atoms with E-state index in [1.165, 1.54) is 25.9 Å². The third kappa shape index (κ3) is 4.25. The standard InChI is InChI=1S/C14H27N3O/c1-11(2)15-9-12-5-7-17(8-6-12)10-13-3-4-14(18)16-13/h11-13,15H,3-10H2,1-2H3,(H,16,18). The van der Waals surface area contributed by atoms with Crippen molar-refractivity contribution >= 4 is 5.91 Å². The highest BCUT2D eigenvalue weighted by molar-refractivity contribution is 5.78. The summed E-state index contributed by atoms with van der Waals surface area (Å²) in [6.45, 7) is 9.01. The van der Waals surface area contributed by atoms with E-state index < -0.39 is 0 Å². The van der Waals surface area contributed by atoms with Crippen LogP contribution in [0.4, 0.5) is 0 Å². The molecule has 0 bridgehead atoms. The molecule has 0 aromatic rings. The summed E-state index contributed by atoms with van der Waals surface area (Å²) < 4.78 is 0. The molecule has 0 aliphatic carbocycles. The smallest absolute Gasteiger partial charge is 0.220 e. The van der Waals surface area contributed by atoms with Crippen LogP contribution >= 0.6 is 0 Å². The predicted octanol–water partition coefficient (Wildman–Crippen LogP) is 0.975. The zero-order chi connectivity index (χ0) is 13.0. The maximum atomic E-state index is 11.2. The number of amides is 1. The third-order valence-corrected chi connectivity index (χ3v) is 4.09. The van der Waals surface area contributed by atoms with E-state index in [1.807, 2.05) is 0 Å². The first kappa shape index (κ1) is 13.8. The second-order valence-electron chi connectivity index (χ2n) is 6.11. The van der Waals surface area contributed by atoms with Crippen LogP contribution in [0.2, 0.25) is 0 Å². The number of carbonyl (C=O) groups is 1. The Kier molecular flexibility index (Phi) is 5.01. The van der Waals surface area contributed by atoms with Crippen molar-refractivity contribution in [3.05, 3.63) is 0 Å². The molecular weight excluding hydrogens is 226 g/mol. The van der Waals surface area contributed by atoms with Gasteiger partial charge in [-0.1, -0.05) is 13.8 Å². The molecule has 2 fully saturated rings. The van der Waals surface area contributed by atoms with Crippen LogP contribution in [-0.2, 0) is 4.79 Å². The van der Waals surface area contributed by atoms with Crippen LogP contribution in [0.15, 0.2) is 0 Å². The summed E-state index contributed by atoms with van der Waals surface area (Å²) in [5.41, 5.74) is 0. The van der Waals surface area contributed by atoms with Gasteiger partial charge in [-0.15, -0.1) is 0 Å². The normalized spacial score (nSPS) is 26.8. The van der Waals surface area contributed by atoms with Crippen LogP contribution in [0.5, 0.6) is 0 Å². The van der Waals surface area contributed by atoms with Crippen molar-refractivity contribution in [2.24, 2.45) is 5.92 Å². The zero-order valence-corrected chi connectivity index (χ0v) is 11.7. The summed E-state index contributed by atoms with van der Waals surface area (Å²) in [5, 5.41) is 6.59. The van der Waals surface area contributed by atoms with E-state index in [9.17, 15) is 4.79 Å². The fourth-order valence-electron chi connectivity index (χ4n) is 2.90. The molecule has 2 rings (SSSR count). The Labute approximate surface area is 110 Å². The Morgan fingerprint density at radius 2 is 2.06 bits per heavy atom. The summed E-state index contributed by atoms with van der Waals surface area (Å²) in [5.74, 6) is 1.07. The van der Waals surface area contributed by atoms with E-state index in [0.717, 1.165) is 31.8 Å². The van der Waals surface area contributed by atoms with Gasteiger partial charge >= 0.3 is 0 Å². The third-order valence-electron chi connectivity index (χ3n) is 4.09. The Morgan fingerprint density at radius 1 is 1.33 bits per heavy atom. The first-order chi connectivity index (χ1) is 8.63. The fraction of sp³-hybridized carbons (Fsp3) is 0.929. The van der Waals surface area contributed by atoms with E-state index in [2.05, 4.69) is 29.4 Å². The monoisotopic (exact) mass is 253 g/mol. The molecule has 1 atom stereocenters. The topological polar surface area (TPSA) is 44.4 Å². The van der Waals surface area contributed by atoms with E-state index in [4.69, 9.17) is 0 Å². The Hall–Kier alpha value is -0.610. The van der Waals surface area contributed by atoms with Gasteiger partial charge in [0.25, 0.3) is 0 Å². The number of hydrogen-bond donors (Lipinski definition) is 2. The number of hydrogen-bond acceptors (Lipinski definition) is 3. The molecule has 2 aliphatic heterocycles. The average Bonchev–Trinajstić information content (AvgIpc) is 2.74. The minimum absolute atomic E-state index is 0.232. The van der Waals surface area contributed by atoms with Crippen molar-refractivity contribution < 1.29 is 4.79 Å². The number of nitrogens with one attached hydrogen (secondary N) is 2. The van der Waals surface area contributed by atoms with Crippen molar-refractivity contribution in [1.82, 2.24) is 15.5 Å². The fourth-order valence-corrected chi connectivity index (χ4v) is 2.90. The SMILES string of the molecule is CC(C)NCC1CCN(CC2CCC(=O)N2)CC1. The summed E-state index contributed by atoms with van der Waals surface area (Å²) in [7, 11) is 0. The van der Waals surface area contributed by atoms with Gasteiger partial charge in [0.1, 0.15) is 0 Å².